The van der Waals surface area contributed by atoms with Gasteiger partial charge in [-0.2, -0.15) is 0 Å². The van der Waals surface area contributed by atoms with E-state index in [1.54, 1.807) is 19.2 Å². The van der Waals surface area contributed by atoms with E-state index in [1.807, 2.05) is 38.4 Å². The molecule has 1 atom stereocenters. The van der Waals surface area contributed by atoms with E-state index in [1.165, 1.54) is 12.1 Å². The quantitative estimate of drug-likeness (QED) is 0.627. The third-order valence-electron chi connectivity index (χ3n) is 3.70. The van der Waals surface area contributed by atoms with Crippen molar-refractivity contribution in [1.82, 2.24) is 4.90 Å². The normalized spacial score (nSPS) is 12.0. The first kappa shape index (κ1) is 16.8. The van der Waals surface area contributed by atoms with E-state index in [0.29, 0.717) is 6.54 Å². The van der Waals surface area contributed by atoms with Crippen LogP contribution in [0, 0.1) is 10.1 Å². The standard InChI is InChI=1S/C17H21N3O3/c1-19(2)16(15-6-4-5-7-17(15)23-3)12-18-13-8-10-14(11-9-13)20(21)22/h4-11,16,18H,12H2,1-3H3. The van der Waals surface area contributed by atoms with E-state index in [4.69, 9.17) is 4.74 Å². The summed E-state index contributed by atoms with van der Waals surface area (Å²) in [6, 6.07) is 14.4. The maximum absolute atomic E-state index is 10.7. The number of nitro groups is 1. The lowest BCUT2D eigenvalue weighted by molar-refractivity contribution is -0.384. The Kier molecular flexibility index (Phi) is 5.54. The van der Waals surface area contributed by atoms with Crippen molar-refractivity contribution in [2.45, 2.75) is 6.04 Å². The van der Waals surface area contributed by atoms with Crippen molar-refractivity contribution >= 4 is 11.4 Å². The molecule has 0 fully saturated rings. The highest BCUT2D eigenvalue weighted by molar-refractivity contribution is 5.49. The van der Waals surface area contributed by atoms with E-state index >= 15 is 0 Å². The number of hydrogen-bond acceptors (Lipinski definition) is 5. The molecule has 6 heteroatoms. The summed E-state index contributed by atoms with van der Waals surface area (Å²) < 4.78 is 5.44. The Labute approximate surface area is 135 Å². The lowest BCUT2D eigenvalue weighted by atomic mass is 10.0. The van der Waals surface area contributed by atoms with E-state index in [0.717, 1.165) is 17.0 Å². The van der Waals surface area contributed by atoms with Crippen LogP contribution in [0.15, 0.2) is 48.5 Å². The molecule has 23 heavy (non-hydrogen) atoms. The first-order valence-electron chi connectivity index (χ1n) is 7.30. The van der Waals surface area contributed by atoms with Gasteiger partial charge in [0.05, 0.1) is 18.1 Å². The number of anilines is 1. The van der Waals surface area contributed by atoms with Crippen LogP contribution < -0.4 is 10.1 Å². The van der Waals surface area contributed by atoms with E-state index in [2.05, 4.69) is 10.2 Å². The average Bonchev–Trinajstić information content (AvgIpc) is 2.55. The van der Waals surface area contributed by atoms with Gasteiger partial charge in [0.15, 0.2) is 0 Å². The van der Waals surface area contributed by atoms with Crippen LogP contribution in [-0.4, -0.2) is 37.6 Å². The van der Waals surface area contributed by atoms with Gasteiger partial charge in [0.25, 0.3) is 5.69 Å². The average molecular weight is 315 g/mol. The van der Waals surface area contributed by atoms with Crippen LogP contribution in [-0.2, 0) is 0 Å². The summed E-state index contributed by atoms with van der Waals surface area (Å²) in [5.41, 5.74) is 2.02. The maximum atomic E-state index is 10.7. The zero-order valence-corrected chi connectivity index (χ0v) is 13.5. The number of ether oxygens (including phenoxy) is 1. The summed E-state index contributed by atoms with van der Waals surface area (Å²) in [5, 5.41) is 14.0. The minimum absolute atomic E-state index is 0.0874. The lowest BCUT2D eigenvalue weighted by Gasteiger charge is -2.27. The van der Waals surface area contributed by atoms with Gasteiger partial charge in [0, 0.05) is 29.9 Å². The number of non-ortho nitro benzene ring substituents is 1. The van der Waals surface area contributed by atoms with Crippen LogP contribution in [0.2, 0.25) is 0 Å². The number of likely N-dealkylation sites (N-methyl/N-ethyl adjacent to an activating group) is 1. The SMILES string of the molecule is COc1ccccc1C(CNc1ccc([N+](=O)[O-])cc1)N(C)C. The Morgan fingerprint density at radius 2 is 1.83 bits per heavy atom. The molecule has 0 bridgehead atoms. The zero-order chi connectivity index (χ0) is 16.8. The topological polar surface area (TPSA) is 67.6 Å². The second-order valence-electron chi connectivity index (χ2n) is 5.41. The number of methoxy groups -OCH3 is 1. The number of hydrogen-bond donors (Lipinski definition) is 1. The molecule has 122 valence electrons. The smallest absolute Gasteiger partial charge is 0.269 e. The fourth-order valence-corrected chi connectivity index (χ4v) is 2.43. The molecule has 0 saturated heterocycles. The molecule has 6 nitrogen and oxygen atoms in total. The Balaban J connectivity index is 2.12. The van der Waals surface area contributed by atoms with Gasteiger partial charge < -0.3 is 15.0 Å². The van der Waals surface area contributed by atoms with Crippen LogP contribution in [0.3, 0.4) is 0 Å². The molecular weight excluding hydrogens is 294 g/mol. The van der Waals surface area contributed by atoms with Gasteiger partial charge in [-0.25, -0.2) is 0 Å². The van der Waals surface area contributed by atoms with Crippen molar-refractivity contribution in [2.24, 2.45) is 0 Å². The van der Waals surface area contributed by atoms with Crippen molar-refractivity contribution in [3.05, 3.63) is 64.2 Å². The molecule has 2 aromatic rings. The van der Waals surface area contributed by atoms with Gasteiger partial charge >= 0.3 is 0 Å². The summed E-state index contributed by atoms with van der Waals surface area (Å²) in [6.07, 6.45) is 0. The van der Waals surface area contributed by atoms with Gasteiger partial charge in [0.1, 0.15) is 5.75 Å². The molecule has 0 heterocycles. The monoisotopic (exact) mass is 315 g/mol. The highest BCUT2D eigenvalue weighted by atomic mass is 16.6. The van der Waals surface area contributed by atoms with Crippen LogP contribution in [0.25, 0.3) is 0 Å². The van der Waals surface area contributed by atoms with Crippen LogP contribution in [0.1, 0.15) is 11.6 Å². The van der Waals surface area contributed by atoms with Crippen LogP contribution in [0.5, 0.6) is 5.75 Å². The largest absolute Gasteiger partial charge is 0.496 e. The van der Waals surface area contributed by atoms with Crippen molar-refractivity contribution in [1.29, 1.82) is 0 Å². The summed E-state index contributed by atoms with van der Waals surface area (Å²) in [6.45, 7) is 0.658. The van der Waals surface area contributed by atoms with E-state index in [9.17, 15) is 10.1 Å². The number of nitrogens with one attached hydrogen (secondary N) is 1. The number of para-hydroxylation sites is 1. The first-order chi connectivity index (χ1) is 11.0. The molecule has 0 aliphatic heterocycles. The lowest BCUT2D eigenvalue weighted by Crippen LogP contribution is -2.27. The van der Waals surface area contributed by atoms with Crippen molar-refractivity contribution in [2.75, 3.05) is 33.1 Å². The molecule has 0 spiro atoms. The predicted molar refractivity (Wildman–Crippen MR) is 91.0 cm³/mol. The van der Waals surface area contributed by atoms with Gasteiger partial charge in [-0.1, -0.05) is 18.2 Å². The molecule has 0 aliphatic carbocycles. The zero-order valence-electron chi connectivity index (χ0n) is 13.5. The Bertz CT molecular complexity index is 656. The van der Waals surface area contributed by atoms with E-state index in [-0.39, 0.29) is 11.7 Å². The maximum Gasteiger partial charge on any atom is 0.269 e. The molecule has 0 aliphatic rings. The first-order valence-corrected chi connectivity index (χ1v) is 7.30. The molecule has 2 aromatic carbocycles. The minimum atomic E-state index is -0.402. The second kappa shape index (κ2) is 7.60. The highest BCUT2D eigenvalue weighted by Crippen LogP contribution is 2.28. The summed E-state index contributed by atoms with van der Waals surface area (Å²) in [7, 11) is 5.68. The van der Waals surface area contributed by atoms with Crippen molar-refractivity contribution < 1.29 is 9.66 Å². The second-order valence-corrected chi connectivity index (χ2v) is 5.41. The number of nitrogens with zero attached hydrogens (tertiary/aromatic N) is 2. The number of rotatable bonds is 7. The van der Waals surface area contributed by atoms with Gasteiger partial charge in [-0.3, -0.25) is 10.1 Å². The van der Waals surface area contributed by atoms with Crippen molar-refractivity contribution in [3.8, 4) is 5.75 Å². The molecule has 0 aromatic heterocycles. The van der Waals surface area contributed by atoms with Crippen molar-refractivity contribution in [3.63, 3.8) is 0 Å². The molecule has 0 amide bonds. The summed E-state index contributed by atoms with van der Waals surface area (Å²) in [4.78, 5) is 12.4. The fraction of sp³-hybridized carbons (Fsp3) is 0.294. The Morgan fingerprint density at radius 1 is 1.17 bits per heavy atom. The Hall–Kier alpha value is -2.60. The molecule has 0 radical (unpaired) electrons. The van der Waals surface area contributed by atoms with E-state index < -0.39 is 4.92 Å². The molecular formula is C17H21N3O3. The Morgan fingerprint density at radius 3 is 2.39 bits per heavy atom. The molecule has 0 saturated carbocycles. The fourth-order valence-electron chi connectivity index (χ4n) is 2.43. The van der Waals surface area contributed by atoms with Gasteiger partial charge in [0.2, 0.25) is 0 Å². The summed E-state index contributed by atoms with van der Waals surface area (Å²) >= 11 is 0. The van der Waals surface area contributed by atoms with Crippen LogP contribution in [0.4, 0.5) is 11.4 Å². The minimum Gasteiger partial charge on any atom is -0.496 e. The third-order valence-corrected chi connectivity index (χ3v) is 3.70. The van der Waals surface area contributed by atoms with Gasteiger partial charge in [-0.15, -0.1) is 0 Å². The number of nitro benzene ring substituents is 1. The predicted octanol–water partition coefficient (Wildman–Crippen LogP) is 3.32. The highest BCUT2D eigenvalue weighted by Gasteiger charge is 2.18. The van der Waals surface area contributed by atoms with Crippen LogP contribution >= 0.6 is 0 Å². The number of benzene rings is 2. The third kappa shape index (κ3) is 4.20. The molecule has 2 rings (SSSR count). The van der Waals surface area contributed by atoms with Gasteiger partial charge in [-0.05, 0) is 32.3 Å². The molecule has 1 unspecified atom stereocenters. The summed E-state index contributed by atoms with van der Waals surface area (Å²) in [5.74, 6) is 0.844. The molecule has 1 N–H and O–H groups in total.